The van der Waals surface area contributed by atoms with Crippen LogP contribution in [0.1, 0.15) is 13.3 Å². The van der Waals surface area contributed by atoms with Gasteiger partial charge in [-0.2, -0.15) is 0 Å². The summed E-state index contributed by atoms with van der Waals surface area (Å²) < 4.78 is 48.1. The molecule has 0 bridgehead atoms. The van der Waals surface area contributed by atoms with Gasteiger partial charge in [-0.15, -0.1) is 0 Å². The molecule has 8 heteroatoms. The minimum Gasteiger partial charge on any atom is -0.399 e. The number of sulfonamides is 1. The number of sulfone groups is 1. The molecule has 0 fully saturated rings. The Morgan fingerprint density at radius 3 is 2.05 bits per heavy atom. The molecule has 1 rings (SSSR count). The van der Waals surface area contributed by atoms with Gasteiger partial charge in [0.1, 0.15) is 9.84 Å². The van der Waals surface area contributed by atoms with Crippen LogP contribution in [0.25, 0.3) is 0 Å². The number of hydrogen-bond donors (Lipinski definition) is 1. The molecule has 0 aliphatic carbocycles. The minimum absolute atomic E-state index is 0.302. The van der Waals surface area contributed by atoms with Gasteiger partial charge in [-0.05, 0) is 30.7 Å². The van der Waals surface area contributed by atoms with Gasteiger partial charge in [0.25, 0.3) is 0 Å². The van der Waals surface area contributed by atoms with Crippen LogP contribution in [-0.4, -0.2) is 41.1 Å². The number of hydrogen-bond acceptors (Lipinski definition) is 5. The maximum atomic E-state index is 12.3. The van der Waals surface area contributed by atoms with Gasteiger partial charge in [-0.25, -0.2) is 16.8 Å². The predicted octanol–water partition coefficient (Wildman–Crippen LogP) is 0.860. The fourth-order valence-electron chi connectivity index (χ4n) is 1.64. The van der Waals surface area contributed by atoms with E-state index < -0.39 is 25.6 Å². The van der Waals surface area contributed by atoms with Gasteiger partial charge in [0.2, 0.25) is 10.0 Å². The van der Waals surface area contributed by atoms with Crippen LogP contribution in [-0.2, 0) is 19.9 Å². The second-order valence-corrected chi connectivity index (χ2v) is 8.88. The van der Waals surface area contributed by atoms with Crippen LogP contribution in [0.2, 0.25) is 0 Å². The average molecular weight is 320 g/mol. The lowest BCUT2D eigenvalue weighted by Crippen LogP contribution is -2.35. The summed E-state index contributed by atoms with van der Waals surface area (Å²) in [7, 11) is -6.99. The second kappa shape index (κ2) is 6.45. The largest absolute Gasteiger partial charge is 0.399 e. The van der Waals surface area contributed by atoms with E-state index in [4.69, 9.17) is 5.73 Å². The van der Waals surface area contributed by atoms with Gasteiger partial charge in [-0.3, -0.25) is 4.31 Å². The van der Waals surface area contributed by atoms with E-state index in [-0.39, 0.29) is 5.75 Å². The van der Waals surface area contributed by atoms with Crippen molar-refractivity contribution in [3.63, 3.8) is 0 Å². The first-order valence-electron chi connectivity index (χ1n) is 6.19. The average Bonchev–Trinajstić information content (AvgIpc) is 2.34. The standard InChI is InChI=1S/C12H20N2O4S2/c1-3-8-14(12-6-4-11(13)5-7-12)20(17,18)10-9-19(2,15)16/h4-7H,3,8-10,13H2,1-2H3. The van der Waals surface area contributed by atoms with E-state index in [2.05, 4.69) is 0 Å². The molecule has 114 valence electrons. The molecule has 0 aromatic heterocycles. The monoisotopic (exact) mass is 320 g/mol. The Morgan fingerprint density at radius 2 is 1.60 bits per heavy atom. The van der Waals surface area contributed by atoms with Gasteiger partial charge in [-0.1, -0.05) is 6.92 Å². The maximum absolute atomic E-state index is 12.3. The number of nitrogens with zero attached hydrogens (tertiary/aromatic N) is 1. The number of anilines is 2. The lowest BCUT2D eigenvalue weighted by atomic mass is 10.3. The smallest absolute Gasteiger partial charge is 0.236 e. The summed E-state index contributed by atoms with van der Waals surface area (Å²) in [4.78, 5) is 0. The van der Waals surface area contributed by atoms with Crippen LogP contribution in [0.15, 0.2) is 24.3 Å². The van der Waals surface area contributed by atoms with Crippen molar-refractivity contribution in [2.45, 2.75) is 13.3 Å². The van der Waals surface area contributed by atoms with E-state index in [1.165, 1.54) is 4.31 Å². The van der Waals surface area contributed by atoms with E-state index in [1.807, 2.05) is 6.92 Å². The number of nitrogens with two attached hydrogens (primary N) is 1. The highest BCUT2D eigenvalue weighted by Crippen LogP contribution is 2.20. The number of benzene rings is 1. The lowest BCUT2D eigenvalue weighted by molar-refractivity contribution is 0.586. The van der Waals surface area contributed by atoms with Gasteiger partial charge < -0.3 is 5.73 Å². The first kappa shape index (κ1) is 16.8. The minimum atomic E-state index is -3.67. The van der Waals surface area contributed by atoms with Crippen molar-refractivity contribution in [2.75, 3.05) is 34.3 Å². The zero-order valence-electron chi connectivity index (χ0n) is 11.6. The van der Waals surface area contributed by atoms with Crippen molar-refractivity contribution < 1.29 is 16.8 Å². The lowest BCUT2D eigenvalue weighted by Gasteiger charge is -2.24. The van der Waals surface area contributed by atoms with E-state index in [0.29, 0.717) is 24.3 Å². The van der Waals surface area contributed by atoms with E-state index >= 15 is 0 Å². The Hall–Kier alpha value is -1.28. The highest BCUT2D eigenvalue weighted by atomic mass is 32.2. The number of rotatable bonds is 7. The van der Waals surface area contributed by atoms with Crippen LogP contribution in [0, 0.1) is 0 Å². The Bertz CT molecular complexity index is 637. The normalized spacial score (nSPS) is 12.3. The van der Waals surface area contributed by atoms with Gasteiger partial charge in [0.15, 0.2) is 0 Å². The molecule has 0 saturated carbocycles. The van der Waals surface area contributed by atoms with Crippen molar-refractivity contribution >= 4 is 31.2 Å². The molecule has 0 aliphatic heterocycles. The Labute approximate surface area is 120 Å². The van der Waals surface area contributed by atoms with Crippen molar-refractivity contribution in [1.29, 1.82) is 0 Å². The SMILES string of the molecule is CCCN(c1ccc(N)cc1)S(=O)(=O)CCS(C)(=O)=O. The number of nitrogen functional groups attached to an aromatic ring is 1. The zero-order valence-corrected chi connectivity index (χ0v) is 13.2. The summed E-state index contributed by atoms with van der Waals surface area (Å²) in [5.74, 6) is -0.805. The molecule has 0 saturated heterocycles. The van der Waals surface area contributed by atoms with Crippen LogP contribution < -0.4 is 10.0 Å². The van der Waals surface area contributed by atoms with Gasteiger partial charge >= 0.3 is 0 Å². The fraction of sp³-hybridized carbons (Fsp3) is 0.500. The first-order valence-corrected chi connectivity index (χ1v) is 9.86. The molecule has 2 N–H and O–H groups in total. The maximum Gasteiger partial charge on any atom is 0.236 e. The summed E-state index contributed by atoms with van der Waals surface area (Å²) in [5.41, 5.74) is 6.61. The van der Waals surface area contributed by atoms with Crippen LogP contribution >= 0.6 is 0 Å². The van der Waals surface area contributed by atoms with Crippen molar-refractivity contribution in [1.82, 2.24) is 0 Å². The fourth-order valence-corrected chi connectivity index (χ4v) is 4.82. The summed E-state index contributed by atoms with van der Waals surface area (Å²) in [6.07, 6.45) is 1.65. The Kier molecular flexibility index (Phi) is 5.41. The molecular formula is C12H20N2O4S2. The molecule has 0 aliphatic rings. The molecule has 20 heavy (non-hydrogen) atoms. The topological polar surface area (TPSA) is 97.5 Å². The summed E-state index contributed by atoms with van der Waals surface area (Å²) in [5, 5.41) is 0. The van der Waals surface area contributed by atoms with Crippen LogP contribution in [0.3, 0.4) is 0 Å². The summed E-state index contributed by atoms with van der Waals surface area (Å²) in [6.45, 7) is 2.16. The first-order chi connectivity index (χ1) is 9.15. The third-order valence-electron chi connectivity index (χ3n) is 2.66. The molecule has 0 radical (unpaired) electrons. The van der Waals surface area contributed by atoms with E-state index in [1.54, 1.807) is 24.3 Å². The molecule has 0 unspecified atom stereocenters. The van der Waals surface area contributed by atoms with Crippen molar-refractivity contribution in [3.05, 3.63) is 24.3 Å². The highest BCUT2D eigenvalue weighted by Gasteiger charge is 2.23. The van der Waals surface area contributed by atoms with Crippen LogP contribution in [0.5, 0.6) is 0 Å². The predicted molar refractivity (Wildman–Crippen MR) is 82.0 cm³/mol. The van der Waals surface area contributed by atoms with Gasteiger partial charge in [0, 0.05) is 18.5 Å². The second-order valence-electron chi connectivity index (χ2n) is 4.61. The zero-order chi connectivity index (χ0) is 15.4. The summed E-state index contributed by atoms with van der Waals surface area (Å²) >= 11 is 0. The van der Waals surface area contributed by atoms with E-state index in [0.717, 1.165) is 6.26 Å². The Morgan fingerprint density at radius 1 is 1.05 bits per heavy atom. The van der Waals surface area contributed by atoms with Crippen LogP contribution in [0.4, 0.5) is 11.4 Å². The van der Waals surface area contributed by atoms with Gasteiger partial charge in [0.05, 0.1) is 17.2 Å². The third-order valence-corrected chi connectivity index (χ3v) is 5.64. The van der Waals surface area contributed by atoms with Crippen molar-refractivity contribution in [3.8, 4) is 0 Å². The molecule has 0 amide bonds. The molecular weight excluding hydrogens is 300 g/mol. The third kappa shape index (κ3) is 5.01. The van der Waals surface area contributed by atoms with E-state index in [9.17, 15) is 16.8 Å². The highest BCUT2D eigenvalue weighted by molar-refractivity contribution is 7.95. The quantitative estimate of drug-likeness (QED) is 0.751. The molecule has 1 aromatic carbocycles. The molecule has 6 nitrogen and oxygen atoms in total. The molecule has 1 aromatic rings. The molecule has 0 heterocycles. The molecule has 0 atom stereocenters. The Balaban J connectivity index is 3.03. The van der Waals surface area contributed by atoms with Crippen molar-refractivity contribution in [2.24, 2.45) is 0 Å². The summed E-state index contributed by atoms with van der Waals surface area (Å²) in [6, 6.07) is 6.46. The molecule has 0 spiro atoms.